The maximum atomic E-state index is 9.36. The molecule has 14 heavy (non-hydrogen) atoms. The summed E-state index contributed by atoms with van der Waals surface area (Å²) in [5, 5.41) is 10.4. The summed E-state index contributed by atoms with van der Waals surface area (Å²) in [6.07, 6.45) is -0.324. The molecule has 1 rings (SSSR count). The molecule has 1 aromatic rings. The third-order valence-electron chi connectivity index (χ3n) is 1.93. The van der Waals surface area contributed by atoms with Crippen molar-refractivity contribution in [2.24, 2.45) is 0 Å². The summed E-state index contributed by atoms with van der Waals surface area (Å²) in [7, 11) is 0. The van der Waals surface area contributed by atoms with Gasteiger partial charge in [-0.25, -0.2) is 9.97 Å². The first kappa shape index (κ1) is 11.5. The Hall–Kier alpha value is -0.610. The molecule has 0 fully saturated rings. The van der Waals surface area contributed by atoms with E-state index in [0.717, 1.165) is 16.5 Å². The van der Waals surface area contributed by atoms with Crippen LogP contribution in [0.3, 0.4) is 0 Å². The number of aliphatic hydroxyl groups is 1. The number of aryl methyl sites for hydroxylation is 2. The monoisotopic (exact) mass is 212 g/mol. The SMILES string of the molecule is Cc1cc(SC(C)C(C)O)nc(C)n1. The van der Waals surface area contributed by atoms with Crippen LogP contribution >= 0.6 is 11.8 Å². The van der Waals surface area contributed by atoms with Crippen molar-refractivity contribution in [2.45, 2.75) is 44.1 Å². The number of aromatic nitrogens is 2. The summed E-state index contributed by atoms with van der Waals surface area (Å²) in [6, 6.07) is 1.94. The van der Waals surface area contributed by atoms with E-state index in [-0.39, 0.29) is 11.4 Å². The maximum Gasteiger partial charge on any atom is 0.126 e. The van der Waals surface area contributed by atoms with E-state index in [9.17, 15) is 5.11 Å². The van der Waals surface area contributed by atoms with Gasteiger partial charge in [-0.15, -0.1) is 11.8 Å². The second-order valence-corrected chi connectivity index (χ2v) is 4.86. The zero-order valence-corrected chi connectivity index (χ0v) is 9.80. The van der Waals surface area contributed by atoms with E-state index < -0.39 is 0 Å². The maximum absolute atomic E-state index is 9.36. The number of rotatable bonds is 3. The molecule has 1 N–H and O–H groups in total. The molecule has 1 heterocycles. The topological polar surface area (TPSA) is 46.0 Å². The quantitative estimate of drug-likeness (QED) is 0.614. The first-order valence-electron chi connectivity index (χ1n) is 4.66. The van der Waals surface area contributed by atoms with Gasteiger partial charge in [0.15, 0.2) is 0 Å². The highest BCUT2D eigenvalue weighted by atomic mass is 32.2. The molecule has 0 bridgehead atoms. The van der Waals surface area contributed by atoms with Crippen LogP contribution in [0.2, 0.25) is 0 Å². The molecule has 0 spiro atoms. The highest BCUT2D eigenvalue weighted by molar-refractivity contribution is 7.99. The molecule has 1 aromatic heterocycles. The molecule has 0 aliphatic rings. The smallest absolute Gasteiger partial charge is 0.126 e. The van der Waals surface area contributed by atoms with Crippen molar-refractivity contribution in [2.75, 3.05) is 0 Å². The third kappa shape index (κ3) is 3.27. The van der Waals surface area contributed by atoms with Gasteiger partial charge < -0.3 is 5.11 Å². The molecular weight excluding hydrogens is 196 g/mol. The van der Waals surface area contributed by atoms with Crippen LogP contribution in [0.5, 0.6) is 0 Å². The van der Waals surface area contributed by atoms with E-state index in [0.29, 0.717) is 0 Å². The molecule has 0 aliphatic carbocycles. The first-order chi connectivity index (χ1) is 6.49. The Kier molecular flexibility index (Phi) is 3.89. The van der Waals surface area contributed by atoms with Crippen molar-refractivity contribution < 1.29 is 5.11 Å². The predicted molar refractivity (Wildman–Crippen MR) is 58.5 cm³/mol. The van der Waals surface area contributed by atoms with Gasteiger partial charge in [-0.2, -0.15) is 0 Å². The van der Waals surface area contributed by atoms with Gasteiger partial charge in [0.2, 0.25) is 0 Å². The minimum atomic E-state index is -0.324. The largest absolute Gasteiger partial charge is 0.392 e. The van der Waals surface area contributed by atoms with Crippen LogP contribution in [-0.2, 0) is 0 Å². The van der Waals surface area contributed by atoms with E-state index in [2.05, 4.69) is 9.97 Å². The van der Waals surface area contributed by atoms with Gasteiger partial charge in [0.1, 0.15) is 10.9 Å². The van der Waals surface area contributed by atoms with Crippen molar-refractivity contribution in [3.8, 4) is 0 Å². The van der Waals surface area contributed by atoms with E-state index in [1.54, 1.807) is 18.7 Å². The first-order valence-corrected chi connectivity index (χ1v) is 5.54. The molecule has 78 valence electrons. The Bertz CT molecular complexity index is 295. The summed E-state index contributed by atoms with van der Waals surface area (Å²) >= 11 is 1.58. The van der Waals surface area contributed by atoms with E-state index in [1.165, 1.54) is 0 Å². The lowest BCUT2D eigenvalue weighted by atomic mass is 10.3. The molecule has 2 unspecified atom stereocenters. The van der Waals surface area contributed by atoms with Crippen LogP contribution in [0, 0.1) is 13.8 Å². The standard InChI is InChI=1S/C10H16N2OS/c1-6-5-10(12-9(4)11-6)14-8(3)7(2)13/h5,7-8,13H,1-4H3. The lowest BCUT2D eigenvalue weighted by molar-refractivity contribution is 0.196. The summed E-state index contributed by atoms with van der Waals surface area (Å²) in [5.41, 5.74) is 0.970. The molecule has 4 heteroatoms. The zero-order valence-electron chi connectivity index (χ0n) is 8.98. The number of hydrogen-bond acceptors (Lipinski definition) is 4. The van der Waals surface area contributed by atoms with Gasteiger partial charge in [-0.1, -0.05) is 6.92 Å². The van der Waals surface area contributed by atoms with E-state index in [1.807, 2.05) is 26.8 Å². The molecule has 0 saturated carbocycles. The Balaban J connectivity index is 2.76. The van der Waals surface area contributed by atoms with Gasteiger partial charge in [0.25, 0.3) is 0 Å². The summed E-state index contributed by atoms with van der Waals surface area (Å²) in [4.78, 5) is 8.50. The fourth-order valence-corrected chi connectivity index (χ4v) is 2.03. The summed E-state index contributed by atoms with van der Waals surface area (Å²) in [5.74, 6) is 0.783. The second kappa shape index (κ2) is 4.75. The zero-order chi connectivity index (χ0) is 10.7. The van der Waals surface area contributed by atoms with Crippen molar-refractivity contribution >= 4 is 11.8 Å². The van der Waals surface area contributed by atoms with Crippen LogP contribution in [0.15, 0.2) is 11.1 Å². The lowest BCUT2D eigenvalue weighted by Crippen LogP contribution is -2.15. The van der Waals surface area contributed by atoms with E-state index in [4.69, 9.17) is 0 Å². The van der Waals surface area contributed by atoms with Crippen LogP contribution in [0.25, 0.3) is 0 Å². The number of thioether (sulfide) groups is 1. The highest BCUT2D eigenvalue weighted by Crippen LogP contribution is 2.23. The second-order valence-electron chi connectivity index (χ2n) is 3.46. The van der Waals surface area contributed by atoms with Crippen molar-refractivity contribution in [1.29, 1.82) is 0 Å². The Morgan fingerprint density at radius 3 is 2.43 bits per heavy atom. The van der Waals surface area contributed by atoms with Crippen molar-refractivity contribution in [3.05, 3.63) is 17.6 Å². The average Bonchev–Trinajstić information content (AvgIpc) is 2.01. The van der Waals surface area contributed by atoms with Gasteiger partial charge >= 0.3 is 0 Å². The molecule has 0 radical (unpaired) electrons. The fourth-order valence-electron chi connectivity index (χ4n) is 1.03. The van der Waals surface area contributed by atoms with Gasteiger partial charge in [-0.3, -0.25) is 0 Å². The third-order valence-corrected chi connectivity index (χ3v) is 3.14. The Morgan fingerprint density at radius 1 is 1.29 bits per heavy atom. The molecule has 0 aliphatic heterocycles. The number of nitrogens with zero attached hydrogens (tertiary/aromatic N) is 2. The minimum Gasteiger partial charge on any atom is -0.392 e. The van der Waals surface area contributed by atoms with Crippen LogP contribution < -0.4 is 0 Å². The molecule has 2 atom stereocenters. The average molecular weight is 212 g/mol. The Labute approximate surface area is 89.0 Å². The van der Waals surface area contributed by atoms with Gasteiger partial charge in [0, 0.05) is 10.9 Å². The van der Waals surface area contributed by atoms with E-state index >= 15 is 0 Å². The lowest BCUT2D eigenvalue weighted by Gasteiger charge is -2.13. The van der Waals surface area contributed by atoms with Crippen molar-refractivity contribution in [3.63, 3.8) is 0 Å². The minimum absolute atomic E-state index is 0.156. The molecule has 0 amide bonds. The fraction of sp³-hybridized carbons (Fsp3) is 0.600. The number of hydrogen-bond donors (Lipinski definition) is 1. The molecule has 3 nitrogen and oxygen atoms in total. The normalized spacial score (nSPS) is 15.2. The summed E-state index contributed by atoms with van der Waals surface area (Å²) in [6.45, 7) is 7.61. The Morgan fingerprint density at radius 2 is 1.93 bits per heavy atom. The van der Waals surface area contributed by atoms with Gasteiger partial charge in [0.05, 0.1) is 6.10 Å². The highest BCUT2D eigenvalue weighted by Gasteiger charge is 2.11. The number of aliphatic hydroxyl groups excluding tert-OH is 1. The van der Waals surface area contributed by atoms with Crippen LogP contribution in [-0.4, -0.2) is 26.4 Å². The molecule has 0 saturated heterocycles. The summed E-state index contributed by atoms with van der Waals surface area (Å²) < 4.78 is 0. The van der Waals surface area contributed by atoms with Gasteiger partial charge in [-0.05, 0) is 26.8 Å². The predicted octanol–water partition coefficient (Wildman–Crippen LogP) is 1.95. The van der Waals surface area contributed by atoms with Crippen molar-refractivity contribution in [1.82, 2.24) is 9.97 Å². The molecule has 0 aromatic carbocycles. The van der Waals surface area contributed by atoms with Crippen LogP contribution in [0.4, 0.5) is 0 Å². The van der Waals surface area contributed by atoms with Crippen LogP contribution in [0.1, 0.15) is 25.4 Å². The molecular formula is C10H16N2OS.